The monoisotopic (exact) mass is 1340 g/mol. The second-order valence-corrected chi connectivity index (χ2v) is 23.6. The minimum absolute atomic E-state index is 0. The number of Topliss-reactive ketones (excluding diaryl/α,β-unsaturated/α-hetero) is 1. The van der Waals surface area contributed by atoms with Crippen LogP contribution in [-0.2, 0) is 28.2 Å². The Labute approximate surface area is 455 Å². The maximum Gasteiger partial charge on any atom is 0.338 e. The molecule has 12 nitrogen and oxygen atoms in total. The third-order valence-electron chi connectivity index (χ3n) is 15.5. The number of aliphatic hydroxyl groups is 3. The first-order chi connectivity index (χ1) is 29.8. The van der Waals surface area contributed by atoms with E-state index in [9.17, 15) is 29.7 Å². The summed E-state index contributed by atoms with van der Waals surface area (Å²) < 4.78 is 26.2. The van der Waals surface area contributed by atoms with Gasteiger partial charge in [-0.2, -0.15) is 0 Å². The number of rotatable bonds is 13. The number of nitrogens with one attached hydrogen (secondary N) is 1. The second kappa shape index (κ2) is 21.2. The SMILES string of the molecule is CC[Si](CC)(CC)OC1CC2OC[C@@]2(O)C2C(OC(=O)c3ccccc3)C3(O)CC(OC(=O)[C@H](C)C(NC(=O)c4ccccc4)c4ccccc4)C(C)=C(C(O)C(=O)[C@]12C)C3(C)C.[Ac].[Ac]. The number of benzene rings is 3. The molecule has 4 aliphatic rings. The summed E-state index contributed by atoms with van der Waals surface area (Å²) in [5.74, 6) is -4.88. The van der Waals surface area contributed by atoms with Gasteiger partial charge in [0.05, 0.1) is 41.8 Å². The molecule has 3 fully saturated rings. The van der Waals surface area contributed by atoms with Crippen LogP contribution in [0.2, 0.25) is 18.1 Å². The van der Waals surface area contributed by atoms with Crippen molar-refractivity contribution in [2.75, 3.05) is 6.61 Å². The molecule has 15 heteroatoms. The number of hydrogen-bond donors (Lipinski definition) is 4. The Morgan fingerprint density at radius 1 is 0.846 bits per heavy atom. The Hall–Kier alpha value is -1.62. The van der Waals surface area contributed by atoms with Crippen molar-refractivity contribution >= 4 is 31.9 Å². The molecule has 1 heterocycles. The molecule has 344 valence electrons. The molecule has 11 atom stereocenters. The second-order valence-electron chi connectivity index (χ2n) is 18.9. The van der Waals surface area contributed by atoms with E-state index in [0.717, 1.165) is 18.1 Å². The molecule has 3 aromatic carbocycles. The fourth-order valence-electron chi connectivity index (χ4n) is 11.2. The molecule has 7 rings (SSSR count). The van der Waals surface area contributed by atoms with Crippen molar-refractivity contribution in [3.63, 3.8) is 0 Å². The summed E-state index contributed by atoms with van der Waals surface area (Å²) in [6.45, 7) is 14.3. The number of aliphatic hydroxyl groups excluding tert-OH is 1. The Kier molecular flexibility index (Phi) is 17.7. The van der Waals surface area contributed by atoms with Crippen LogP contribution in [-0.4, -0.2) is 95.6 Å². The molecule has 8 unspecified atom stereocenters. The van der Waals surface area contributed by atoms with E-state index in [0.29, 0.717) is 16.7 Å². The summed E-state index contributed by atoms with van der Waals surface area (Å²) in [5.41, 5.74) is -5.44. The minimum Gasteiger partial charge on any atom is -0.457 e. The van der Waals surface area contributed by atoms with Gasteiger partial charge in [-0.05, 0) is 79.9 Å². The Balaban J connectivity index is 0.00000397. The van der Waals surface area contributed by atoms with Crippen LogP contribution >= 0.6 is 0 Å². The largest absolute Gasteiger partial charge is 0.457 e. The summed E-state index contributed by atoms with van der Waals surface area (Å²) >= 11 is 0. The van der Waals surface area contributed by atoms with Gasteiger partial charge in [0, 0.05) is 118 Å². The van der Waals surface area contributed by atoms with Crippen molar-refractivity contribution in [3.8, 4) is 0 Å². The van der Waals surface area contributed by atoms with E-state index in [1.165, 1.54) is 0 Å². The first-order valence-corrected chi connectivity index (χ1v) is 24.9. The average Bonchev–Trinajstić information content (AvgIpc) is 3.28. The van der Waals surface area contributed by atoms with Gasteiger partial charge >= 0.3 is 11.9 Å². The molecular weight excluding hydrogens is 1270 g/mol. The van der Waals surface area contributed by atoms with Crippen LogP contribution in [0.15, 0.2) is 102 Å². The molecule has 0 aromatic heterocycles. The molecule has 1 aliphatic heterocycles. The van der Waals surface area contributed by atoms with E-state index in [1.54, 1.807) is 120 Å². The maximum absolute atomic E-state index is 15.6. The molecule has 1 amide bonds. The molecule has 2 saturated carbocycles. The maximum atomic E-state index is 15.6. The summed E-state index contributed by atoms with van der Waals surface area (Å²) in [4.78, 5) is 58.1. The van der Waals surface area contributed by atoms with Crippen LogP contribution in [0.5, 0.6) is 0 Å². The van der Waals surface area contributed by atoms with Gasteiger partial charge in [-0.25, -0.2) is 4.79 Å². The number of fused-ring (bicyclic) bond motifs is 5. The minimum atomic E-state index is -2.50. The zero-order chi connectivity index (χ0) is 45.7. The van der Waals surface area contributed by atoms with Gasteiger partial charge in [0.1, 0.15) is 29.5 Å². The van der Waals surface area contributed by atoms with Crippen LogP contribution in [0.1, 0.15) is 101 Å². The van der Waals surface area contributed by atoms with Gasteiger partial charge in [-0.1, -0.05) is 101 Å². The Bertz CT molecular complexity index is 2220. The smallest absolute Gasteiger partial charge is 0.338 e. The number of carbonyl (C=O) groups excluding carboxylic acids is 4. The third kappa shape index (κ3) is 9.54. The molecule has 0 spiro atoms. The van der Waals surface area contributed by atoms with Gasteiger partial charge in [-0.3, -0.25) is 14.4 Å². The zero-order valence-corrected chi connectivity index (χ0v) is 49.3. The van der Waals surface area contributed by atoms with Crippen molar-refractivity contribution < 1.29 is 141 Å². The molecular formula is C50H63Ac2NO11Si. The summed E-state index contributed by atoms with van der Waals surface area (Å²) in [6.07, 6.45) is -6.57. The molecule has 2 bridgehead atoms. The van der Waals surface area contributed by atoms with Crippen molar-refractivity contribution in [2.45, 2.75) is 134 Å². The van der Waals surface area contributed by atoms with Gasteiger partial charge in [0.2, 0.25) is 0 Å². The Morgan fingerprint density at radius 2 is 1.38 bits per heavy atom. The predicted octanol–water partition coefficient (Wildman–Crippen LogP) is 6.90. The number of ether oxygens (including phenoxy) is 3. The predicted molar refractivity (Wildman–Crippen MR) is 238 cm³/mol. The van der Waals surface area contributed by atoms with Gasteiger partial charge in [-0.15, -0.1) is 0 Å². The fourth-order valence-corrected chi connectivity index (χ4v) is 14.1. The summed E-state index contributed by atoms with van der Waals surface area (Å²) in [7, 11) is -2.50. The van der Waals surface area contributed by atoms with E-state index >= 15 is 4.79 Å². The van der Waals surface area contributed by atoms with Crippen molar-refractivity contribution in [1.82, 2.24) is 5.32 Å². The summed E-state index contributed by atoms with van der Waals surface area (Å²) in [5, 5.41) is 42.3. The van der Waals surface area contributed by atoms with Gasteiger partial charge in [0.15, 0.2) is 14.1 Å². The first-order valence-electron chi connectivity index (χ1n) is 22.4. The average molecular weight is 1340 g/mol. The fraction of sp³-hybridized carbons (Fsp3) is 0.520. The molecule has 65 heavy (non-hydrogen) atoms. The topological polar surface area (TPSA) is 178 Å². The van der Waals surface area contributed by atoms with E-state index in [4.69, 9.17) is 18.6 Å². The van der Waals surface area contributed by atoms with Crippen molar-refractivity contribution in [1.29, 1.82) is 0 Å². The number of amides is 1. The van der Waals surface area contributed by atoms with Crippen molar-refractivity contribution in [3.05, 3.63) is 119 Å². The van der Waals surface area contributed by atoms with Crippen molar-refractivity contribution in [2.24, 2.45) is 22.7 Å². The standard InChI is InChI=1S/C50H63NO11Si.2Ac/c1-9-63(10-2,11-3)62-36-27-37-49(57,29-59-37)41-43(61-46(56)34-25-19-14-20-26-34)50(58)28-35(30(4)38(47(50,6)7)40(52)42(53)48(36,41)8)60-45(55)31(5)39(32-21-15-12-16-22-32)51-44(54)33-23-17-13-18-24-33;;/h12-26,31,35-37,39-41,43,52,57-58H,9-11,27-29H2,1-8H3,(H,51,54);;/t31-,35?,36?,37?,39?,40?,41?,43?,48-,49+,50?;;/m1../s1. The summed E-state index contributed by atoms with van der Waals surface area (Å²) in [6, 6.07) is 27.4. The van der Waals surface area contributed by atoms with Crippen LogP contribution in [0, 0.1) is 111 Å². The number of hydrogen-bond acceptors (Lipinski definition) is 11. The van der Waals surface area contributed by atoms with Crippen LogP contribution < -0.4 is 5.32 Å². The van der Waals surface area contributed by atoms with Gasteiger partial charge < -0.3 is 39.3 Å². The van der Waals surface area contributed by atoms with Gasteiger partial charge in [0.25, 0.3) is 5.91 Å². The third-order valence-corrected chi connectivity index (χ3v) is 20.2. The molecule has 1 saturated heterocycles. The normalized spacial score (nSPS) is 31.1. The molecule has 4 N–H and O–H groups in total. The van der Waals surface area contributed by atoms with E-state index in [-0.39, 0.29) is 119 Å². The number of ketones is 1. The molecule has 2 radical (unpaired) electrons. The molecule has 3 aliphatic carbocycles. The number of carbonyl (C=O) groups is 4. The van der Waals surface area contributed by atoms with Crippen LogP contribution in [0.3, 0.4) is 0 Å². The Morgan fingerprint density at radius 3 is 1.91 bits per heavy atom. The van der Waals surface area contributed by atoms with Crippen LogP contribution in [0.4, 0.5) is 0 Å². The van der Waals surface area contributed by atoms with E-state index in [2.05, 4.69) is 26.1 Å². The van der Waals surface area contributed by atoms with E-state index in [1.807, 2.05) is 6.07 Å². The number of esters is 2. The molecule has 3 aromatic rings. The van der Waals surface area contributed by atoms with Crippen LogP contribution in [0.25, 0.3) is 0 Å². The quantitative estimate of drug-likeness (QED) is 0.0796. The van der Waals surface area contributed by atoms with E-state index < -0.39 is 102 Å². The first kappa shape index (κ1) is 54.3. The zero-order valence-electron chi connectivity index (χ0n) is 38.8.